The van der Waals surface area contributed by atoms with Crippen LogP contribution in [-0.4, -0.2) is 63.9 Å². The van der Waals surface area contributed by atoms with Crippen molar-refractivity contribution >= 4 is 17.9 Å². The quantitative estimate of drug-likeness (QED) is 0.0375. The number of carboxylic acids is 3. The van der Waals surface area contributed by atoms with Crippen molar-refractivity contribution in [2.24, 2.45) is 17.8 Å². The predicted molar refractivity (Wildman–Crippen MR) is 187 cm³/mol. The average Bonchev–Trinajstić information content (AvgIpc) is 3.01. The van der Waals surface area contributed by atoms with Crippen molar-refractivity contribution in [3.63, 3.8) is 0 Å². The van der Waals surface area contributed by atoms with Gasteiger partial charge in [-0.1, -0.05) is 123 Å². The van der Waals surface area contributed by atoms with E-state index in [2.05, 4.69) is 19.1 Å². The molecule has 0 rings (SSSR count). The molecule has 0 aliphatic rings. The Morgan fingerprint density at radius 1 is 0.467 bits per heavy atom. The summed E-state index contributed by atoms with van der Waals surface area (Å²) in [5, 5.41) is 28.3. The molecule has 264 valence electrons. The topological polar surface area (TPSA) is 112 Å². The van der Waals surface area contributed by atoms with Crippen molar-refractivity contribution in [2.75, 3.05) is 26.2 Å². The molecule has 0 amide bonds. The smallest absolute Gasteiger partial charge is 0.306 e. The lowest BCUT2D eigenvalue weighted by molar-refractivity contribution is -0.929. The number of unbranched alkanes of at least 4 members (excludes halogenated alkanes) is 17. The lowest BCUT2D eigenvalue weighted by Gasteiger charge is -2.40. The molecule has 0 aromatic carbocycles. The molecule has 0 heterocycles. The molecule has 3 unspecified atom stereocenters. The molecular weight excluding hydrogens is 566 g/mol. The number of quaternary nitrogens is 1. The zero-order chi connectivity index (χ0) is 33.8. The summed E-state index contributed by atoms with van der Waals surface area (Å²) in [5.74, 6) is -3.93. The second-order valence-electron chi connectivity index (χ2n) is 14.0. The third kappa shape index (κ3) is 24.9. The molecule has 7 heteroatoms. The molecule has 0 radical (unpaired) electrons. The second-order valence-corrected chi connectivity index (χ2v) is 14.0. The van der Waals surface area contributed by atoms with E-state index in [1.54, 1.807) is 20.8 Å². The summed E-state index contributed by atoms with van der Waals surface area (Å²) in [4.78, 5) is 34.5. The van der Waals surface area contributed by atoms with Crippen LogP contribution in [0, 0.1) is 17.8 Å². The first kappa shape index (κ1) is 43.1. The van der Waals surface area contributed by atoms with Gasteiger partial charge >= 0.3 is 17.9 Å². The van der Waals surface area contributed by atoms with E-state index in [0.29, 0.717) is 43.4 Å². The van der Waals surface area contributed by atoms with Crippen molar-refractivity contribution in [2.45, 2.75) is 169 Å². The Kier molecular flexibility index (Phi) is 27.2. The molecule has 0 fully saturated rings. The van der Waals surface area contributed by atoms with Crippen LogP contribution in [0.5, 0.6) is 0 Å². The van der Waals surface area contributed by atoms with Crippen LogP contribution in [0.2, 0.25) is 0 Å². The van der Waals surface area contributed by atoms with Gasteiger partial charge in [-0.05, 0) is 38.5 Å². The zero-order valence-corrected chi connectivity index (χ0v) is 29.8. The van der Waals surface area contributed by atoms with Gasteiger partial charge in [0, 0.05) is 19.3 Å². The van der Waals surface area contributed by atoms with Gasteiger partial charge in [0.2, 0.25) is 0 Å². The SMILES string of the molecule is CCCCCCCCCCCCCCC/C=C/CCCCCC[N+](CCC(C)C(=O)O)(CCC(C)C(=O)O)CCC(C)C(=O)O. The number of carbonyl (C=O) groups is 3. The molecule has 45 heavy (non-hydrogen) atoms. The number of hydrogen-bond donors (Lipinski definition) is 3. The van der Waals surface area contributed by atoms with Gasteiger partial charge in [-0.3, -0.25) is 14.4 Å². The van der Waals surface area contributed by atoms with Gasteiger partial charge in [0.1, 0.15) is 0 Å². The van der Waals surface area contributed by atoms with Crippen LogP contribution in [0.1, 0.15) is 169 Å². The standard InChI is InChI=1S/C38H71NO6/c1-5-6-7-8-9-10-11-12-13-14-15-16-17-18-19-20-21-22-23-24-25-29-39(30-26-33(2)36(40)41,31-27-34(3)37(42)43)32-28-35(4)38(44)45/h19-20,33-35H,5-18,21-32H2,1-4H3,(H2-,40,41,42,43,44,45)/p+1/b20-19+. The highest BCUT2D eigenvalue weighted by atomic mass is 16.4. The Bertz CT molecular complexity index is 722. The van der Waals surface area contributed by atoms with Gasteiger partial charge in [0.05, 0.1) is 43.9 Å². The van der Waals surface area contributed by atoms with E-state index < -0.39 is 35.7 Å². The van der Waals surface area contributed by atoms with Crippen LogP contribution < -0.4 is 0 Å². The minimum atomic E-state index is -0.826. The lowest BCUT2D eigenvalue weighted by Crippen LogP contribution is -2.52. The molecule has 0 aliphatic carbocycles. The van der Waals surface area contributed by atoms with Crippen molar-refractivity contribution in [1.29, 1.82) is 0 Å². The Hall–Kier alpha value is -1.89. The van der Waals surface area contributed by atoms with Gasteiger partial charge in [-0.2, -0.15) is 0 Å². The van der Waals surface area contributed by atoms with Crippen LogP contribution in [0.4, 0.5) is 0 Å². The first-order valence-corrected chi connectivity index (χ1v) is 18.7. The molecule has 0 saturated heterocycles. The fourth-order valence-electron chi connectivity index (χ4n) is 6.02. The summed E-state index contributed by atoms with van der Waals surface area (Å²) < 4.78 is 0.603. The highest BCUT2D eigenvalue weighted by molar-refractivity contribution is 5.70. The Morgan fingerprint density at radius 3 is 1.07 bits per heavy atom. The van der Waals surface area contributed by atoms with E-state index in [0.717, 1.165) is 38.6 Å². The van der Waals surface area contributed by atoms with Crippen LogP contribution in [-0.2, 0) is 14.4 Å². The summed E-state index contributed by atoms with van der Waals surface area (Å²) in [7, 11) is 0. The molecule has 0 bridgehead atoms. The lowest BCUT2D eigenvalue weighted by atomic mass is 10.0. The maximum absolute atomic E-state index is 11.5. The molecule has 3 N–H and O–H groups in total. The third-order valence-corrected chi connectivity index (χ3v) is 9.77. The first-order valence-electron chi connectivity index (χ1n) is 18.7. The number of allylic oxidation sites excluding steroid dienone is 2. The fourth-order valence-corrected chi connectivity index (χ4v) is 6.02. The molecule has 0 aromatic heterocycles. The molecule has 7 nitrogen and oxygen atoms in total. The number of carboxylic acid groups (broad SMARTS) is 3. The van der Waals surface area contributed by atoms with E-state index in [1.165, 1.54) is 89.9 Å². The van der Waals surface area contributed by atoms with Gasteiger partial charge in [-0.15, -0.1) is 0 Å². The summed E-state index contributed by atoms with van der Waals surface area (Å²) in [5.41, 5.74) is 0. The largest absolute Gasteiger partial charge is 0.481 e. The highest BCUT2D eigenvalue weighted by Gasteiger charge is 2.31. The van der Waals surface area contributed by atoms with E-state index in [-0.39, 0.29) is 0 Å². The monoisotopic (exact) mass is 639 g/mol. The number of hydrogen-bond acceptors (Lipinski definition) is 3. The van der Waals surface area contributed by atoms with Crippen LogP contribution >= 0.6 is 0 Å². The molecule has 0 aliphatic heterocycles. The summed E-state index contributed by atoms with van der Waals surface area (Å²) in [6.07, 6.45) is 30.8. The van der Waals surface area contributed by atoms with Crippen LogP contribution in [0.3, 0.4) is 0 Å². The van der Waals surface area contributed by atoms with Gasteiger partial charge in [0.15, 0.2) is 0 Å². The fraction of sp³-hybridized carbons (Fsp3) is 0.868. The van der Waals surface area contributed by atoms with Crippen LogP contribution in [0.25, 0.3) is 0 Å². The van der Waals surface area contributed by atoms with Crippen molar-refractivity contribution in [1.82, 2.24) is 0 Å². The average molecular weight is 639 g/mol. The third-order valence-electron chi connectivity index (χ3n) is 9.77. The molecule has 0 aromatic rings. The van der Waals surface area contributed by atoms with Gasteiger partial charge in [0.25, 0.3) is 0 Å². The van der Waals surface area contributed by atoms with E-state index in [9.17, 15) is 29.7 Å². The normalized spacial score (nSPS) is 15.1. The van der Waals surface area contributed by atoms with Gasteiger partial charge < -0.3 is 19.8 Å². The van der Waals surface area contributed by atoms with E-state index >= 15 is 0 Å². The van der Waals surface area contributed by atoms with Crippen LogP contribution in [0.15, 0.2) is 12.2 Å². The predicted octanol–water partition coefficient (Wildman–Crippen LogP) is 10.1. The first-order chi connectivity index (χ1) is 21.5. The van der Waals surface area contributed by atoms with Crippen molar-refractivity contribution in [3.05, 3.63) is 12.2 Å². The number of rotatable bonds is 33. The van der Waals surface area contributed by atoms with Gasteiger partial charge in [-0.25, -0.2) is 0 Å². The molecule has 3 atom stereocenters. The molecule has 0 saturated carbocycles. The highest BCUT2D eigenvalue weighted by Crippen LogP contribution is 2.22. The number of nitrogens with zero attached hydrogens (tertiary/aromatic N) is 1. The summed E-state index contributed by atoms with van der Waals surface area (Å²) in [6, 6.07) is 0. The zero-order valence-electron chi connectivity index (χ0n) is 29.8. The minimum Gasteiger partial charge on any atom is -0.481 e. The Balaban J connectivity index is 4.39. The Labute approximate surface area is 276 Å². The van der Waals surface area contributed by atoms with E-state index in [1.807, 2.05) is 0 Å². The molecular formula is C38H72NO6+. The second kappa shape index (κ2) is 28.3. The van der Waals surface area contributed by atoms with Crippen molar-refractivity contribution in [3.8, 4) is 0 Å². The summed E-state index contributed by atoms with van der Waals surface area (Å²) >= 11 is 0. The summed E-state index contributed by atoms with van der Waals surface area (Å²) in [6.45, 7) is 10.1. The maximum Gasteiger partial charge on any atom is 0.306 e. The van der Waals surface area contributed by atoms with E-state index in [4.69, 9.17) is 0 Å². The van der Waals surface area contributed by atoms with Crippen molar-refractivity contribution < 1.29 is 34.2 Å². The number of aliphatic carboxylic acids is 3. The Morgan fingerprint density at radius 2 is 0.756 bits per heavy atom. The maximum atomic E-state index is 11.5. The minimum absolute atomic E-state index is 0.484. The molecule has 0 spiro atoms.